The molecule has 0 amide bonds. The Hall–Kier alpha value is -1.89. The highest BCUT2D eigenvalue weighted by Crippen LogP contribution is 2.39. The summed E-state index contributed by atoms with van der Waals surface area (Å²) in [5.41, 5.74) is 0.739. The number of furan rings is 1. The molecule has 1 aromatic carbocycles. The Morgan fingerprint density at radius 3 is 3.05 bits per heavy atom. The lowest BCUT2D eigenvalue weighted by Crippen LogP contribution is -2.30. The van der Waals surface area contributed by atoms with Gasteiger partial charge >= 0.3 is 0 Å². The molecule has 114 valence electrons. The second-order valence-corrected chi connectivity index (χ2v) is 5.83. The molecular formula is C15H14ClN3O3. The first-order valence-electron chi connectivity index (χ1n) is 7.00. The summed E-state index contributed by atoms with van der Waals surface area (Å²) in [6.45, 7) is 2.45. The molecule has 1 saturated heterocycles. The molecule has 1 fully saturated rings. The number of H-pyrrole nitrogens is 1. The van der Waals surface area contributed by atoms with Crippen molar-refractivity contribution in [2.75, 3.05) is 6.61 Å². The van der Waals surface area contributed by atoms with E-state index in [2.05, 4.69) is 15.2 Å². The zero-order chi connectivity index (χ0) is 15.2. The Kier molecular flexibility index (Phi) is 3.18. The molecule has 1 N–H and O–H groups in total. The molecule has 4 rings (SSSR count). The van der Waals surface area contributed by atoms with Crippen molar-refractivity contribution in [1.29, 1.82) is 0 Å². The molecule has 22 heavy (non-hydrogen) atoms. The van der Waals surface area contributed by atoms with Crippen LogP contribution >= 0.6 is 11.6 Å². The zero-order valence-electron chi connectivity index (χ0n) is 11.9. The summed E-state index contributed by atoms with van der Waals surface area (Å²) in [5, 5.41) is 8.27. The number of aromatic amines is 1. The molecular weight excluding hydrogens is 306 g/mol. The molecule has 3 aromatic rings. The van der Waals surface area contributed by atoms with Crippen LogP contribution in [0.4, 0.5) is 0 Å². The van der Waals surface area contributed by atoms with Crippen molar-refractivity contribution in [1.82, 2.24) is 15.2 Å². The third kappa shape index (κ3) is 2.29. The fraction of sp³-hybridized carbons (Fsp3) is 0.333. The van der Waals surface area contributed by atoms with E-state index < -0.39 is 5.79 Å². The SMILES string of the molecule is C[C@@H]1CO[C@](Cc2ncn[nH]2)(c2cc3cc(Cl)ccc3o2)O1. The Morgan fingerprint density at radius 2 is 2.32 bits per heavy atom. The third-order valence-corrected chi connectivity index (χ3v) is 3.90. The molecule has 0 aliphatic carbocycles. The average Bonchev–Trinajstić information content (AvgIpc) is 3.19. The summed E-state index contributed by atoms with van der Waals surface area (Å²) in [6, 6.07) is 7.38. The second-order valence-electron chi connectivity index (χ2n) is 5.39. The molecule has 3 heterocycles. The van der Waals surface area contributed by atoms with E-state index in [1.54, 1.807) is 6.07 Å². The number of hydrogen-bond acceptors (Lipinski definition) is 5. The molecule has 0 saturated carbocycles. The van der Waals surface area contributed by atoms with Crippen LogP contribution in [0, 0.1) is 0 Å². The van der Waals surface area contributed by atoms with Crippen molar-refractivity contribution in [2.45, 2.75) is 25.2 Å². The Morgan fingerprint density at radius 1 is 1.41 bits per heavy atom. The third-order valence-electron chi connectivity index (χ3n) is 3.66. The van der Waals surface area contributed by atoms with Crippen LogP contribution in [0.2, 0.25) is 5.02 Å². The maximum absolute atomic E-state index is 6.03. The zero-order valence-corrected chi connectivity index (χ0v) is 12.6. The normalized spacial score (nSPS) is 25.1. The summed E-state index contributed by atoms with van der Waals surface area (Å²) in [6.07, 6.45) is 1.82. The summed E-state index contributed by atoms with van der Waals surface area (Å²) in [4.78, 5) is 4.15. The van der Waals surface area contributed by atoms with Gasteiger partial charge in [0.1, 0.15) is 17.7 Å². The average molecular weight is 320 g/mol. The Balaban J connectivity index is 1.78. The first-order chi connectivity index (χ1) is 10.6. The topological polar surface area (TPSA) is 73.2 Å². The van der Waals surface area contributed by atoms with Crippen LogP contribution in [-0.4, -0.2) is 27.9 Å². The summed E-state index contributed by atoms with van der Waals surface area (Å²) >= 11 is 6.03. The predicted octanol–water partition coefficient (Wildman–Crippen LogP) is 3.04. The maximum Gasteiger partial charge on any atom is 0.236 e. The van der Waals surface area contributed by atoms with E-state index in [1.165, 1.54) is 6.33 Å². The van der Waals surface area contributed by atoms with Crippen molar-refractivity contribution in [3.63, 3.8) is 0 Å². The molecule has 0 spiro atoms. The smallest absolute Gasteiger partial charge is 0.236 e. The molecule has 2 atom stereocenters. The molecule has 2 aromatic heterocycles. The second kappa shape index (κ2) is 5.08. The van der Waals surface area contributed by atoms with E-state index in [9.17, 15) is 0 Å². The summed E-state index contributed by atoms with van der Waals surface area (Å²) in [7, 11) is 0. The Bertz CT molecular complexity index is 802. The van der Waals surface area contributed by atoms with Crippen molar-refractivity contribution in [2.24, 2.45) is 0 Å². The van der Waals surface area contributed by atoms with E-state index in [4.69, 9.17) is 25.5 Å². The monoisotopic (exact) mass is 319 g/mol. The van der Waals surface area contributed by atoms with E-state index in [-0.39, 0.29) is 6.10 Å². The highest BCUT2D eigenvalue weighted by molar-refractivity contribution is 6.31. The number of benzene rings is 1. The van der Waals surface area contributed by atoms with Crippen LogP contribution in [0.1, 0.15) is 18.5 Å². The van der Waals surface area contributed by atoms with E-state index in [1.807, 2.05) is 25.1 Å². The van der Waals surface area contributed by atoms with Gasteiger partial charge in [-0.15, -0.1) is 0 Å². The van der Waals surface area contributed by atoms with E-state index >= 15 is 0 Å². The predicted molar refractivity (Wildman–Crippen MR) is 79.5 cm³/mol. The van der Waals surface area contributed by atoms with Crippen LogP contribution in [0.5, 0.6) is 0 Å². The van der Waals surface area contributed by atoms with Gasteiger partial charge in [0.05, 0.1) is 19.1 Å². The fourth-order valence-corrected chi connectivity index (χ4v) is 2.87. The van der Waals surface area contributed by atoms with Gasteiger partial charge in [0.25, 0.3) is 0 Å². The van der Waals surface area contributed by atoms with Gasteiger partial charge in [-0.2, -0.15) is 5.10 Å². The van der Waals surface area contributed by atoms with Gasteiger partial charge in [0, 0.05) is 10.4 Å². The lowest BCUT2D eigenvalue weighted by Gasteiger charge is -2.24. The number of nitrogens with zero attached hydrogens (tertiary/aromatic N) is 2. The lowest BCUT2D eigenvalue weighted by atomic mass is 10.1. The number of aromatic nitrogens is 3. The van der Waals surface area contributed by atoms with Crippen LogP contribution in [0.3, 0.4) is 0 Å². The fourth-order valence-electron chi connectivity index (χ4n) is 2.69. The molecule has 1 aliphatic rings. The summed E-state index contributed by atoms with van der Waals surface area (Å²) < 4.78 is 17.9. The van der Waals surface area contributed by atoms with Gasteiger partial charge in [-0.3, -0.25) is 5.10 Å². The quantitative estimate of drug-likeness (QED) is 0.803. The summed E-state index contributed by atoms with van der Waals surface area (Å²) in [5.74, 6) is 0.280. The lowest BCUT2D eigenvalue weighted by molar-refractivity contribution is -0.186. The van der Waals surface area contributed by atoms with Crippen LogP contribution in [0.15, 0.2) is 35.0 Å². The standard InChI is InChI=1S/C15H14ClN3O3/c1-9-7-20-15(22-9,6-14-17-8-18-19-14)13-5-10-4-11(16)2-3-12(10)21-13/h2-5,8-9H,6-7H2,1H3,(H,17,18,19)/t9-,15+/m1/s1. The van der Waals surface area contributed by atoms with Gasteiger partial charge in [-0.1, -0.05) is 11.6 Å². The molecule has 0 radical (unpaired) electrons. The molecule has 6 nitrogen and oxygen atoms in total. The van der Waals surface area contributed by atoms with Crippen molar-refractivity contribution in [3.8, 4) is 0 Å². The van der Waals surface area contributed by atoms with Crippen LogP contribution in [-0.2, 0) is 21.7 Å². The molecule has 0 unspecified atom stereocenters. The number of nitrogens with one attached hydrogen (secondary N) is 1. The number of halogens is 1. The Labute approximate surface area is 131 Å². The maximum atomic E-state index is 6.03. The first-order valence-corrected chi connectivity index (χ1v) is 7.38. The molecule has 0 bridgehead atoms. The van der Waals surface area contributed by atoms with Gasteiger partial charge < -0.3 is 13.9 Å². The molecule has 7 heteroatoms. The minimum atomic E-state index is -0.996. The largest absolute Gasteiger partial charge is 0.455 e. The van der Waals surface area contributed by atoms with Gasteiger partial charge in [0.2, 0.25) is 5.79 Å². The number of ether oxygens (including phenoxy) is 2. The van der Waals surface area contributed by atoms with Crippen molar-refractivity contribution >= 4 is 22.6 Å². The number of hydrogen-bond donors (Lipinski definition) is 1. The number of fused-ring (bicyclic) bond motifs is 1. The van der Waals surface area contributed by atoms with Crippen molar-refractivity contribution in [3.05, 3.63) is 47.2 Å². The molecule has 1 aliphatic heterocycles. The minimum absolute atomic E-state index is 0.0280. The highest BCUT2D eigenvalue weighted by atomic mass is 35.5. The van der Waals surface area contributed by atoms with Gasteiger partial charge in [-0.25, -0.2) is 4.98 Å². The first kappa shape index (κ1) is 13.8. The number of rotatable bonds is 3. The van der Waals surface area contributed by atoms with Crippen molar-refractivity contribution < 1.29 is 13.9 Å². The van der Waals surface area contributed by atoms with E-state index in [0.717, 1.165) is 11.0 Å². The van der Waals surface area contributed by atoms with Crippen LogP contribution in [0.25, 0.3) is 11.0 Å². The van der Waals surface area contributed by atoms with Gasteiger partial charge in [0.15, 0.2) is 5.76 Å². The van der Waals surface area contributed by atoms with E-state index in [0.29, 0.717) is 29.6 Å². The van der Waals surface area contributed by atoms with Gasteiger partial charge in [-0.05, 0) is 31.2 Å². The highest BCUT2D eigenvalue weighted by Gasteiger charge is 2.45. The minimum Gasteiger partial charge on any atom is -0.455 e. The van der Waals surface area contributed by atoms with Crippen LogP contribution < -0.4 is 0 Å².